The number of hydrogen-bond donors (Lipinski definition) is 2. The van der Waals surface area contributed by atoms with Crippen LogP contribution in [0.4, 0.5) is 0 Å². The summed E-state index contributed by atoms with van der Waals surface area (Å²) in [6.07, 6.45) is 0. The molecule has 0 saturated carbocycles. The summed E-state index contributed by atoms with van der Waals surface area (Å²) in [7, 11) is 0. The Morgan fingerprint density at radius 2 is 1.30 bits per heavy atom. The number of benzene rings is 2. The van der Waals surface area contributed by atoms with Gasteiger partial charge in [0.1, 0.15) is 0 Å². The van der Waals surface area contributed by atoms with Crippen molar-refractivity contribution in [2.75, 3.05) is 6.61 Å². The summed E-state index contributed by atoms with van der Waals surface area (Å²) >= 11 is 11.3. The number of halogens is 2. The zero-order valence-electron chi connectivity index (χ0n) is 13.0. The Bertz CT molecular complexity index is 609. The number of carboxylic acid groups (broad SMARTS) is 1. The van der Waals surface area contributed by atoms with Crippen LogP contribution in [-0.4, -0.2) is 22.8 Å². The molecule has 124 valence electrons. The number of aliphatic carboxylic acids is 1. The van der Waals surface area contributed by atoms with E-state index in [1.165, 1.54) is 0 Å². The van der Waals surface area contributed by atoms with Gasteiger partial charge in [0.2, 0.25) is 0 Å². The van der Waals surface area contributed by atoms with Crippen molar-refractivity contribution in [2.24, 2.45) is 0 Å². The van der Waals surface area contributed by atoms with Gasteiger partial charge in [-0.15, -0.1) is 0 Å². The zero-order chi connectivity index (χ0) is 17.4. The average molecular weight is 355 g/mol. The van der Waals surface area contributed by atoms with Gasteiger partial charge in [-0.2, -0.15) is 0 Å². The van der Waals surface area contributed by atoms with Gasteiger partial charge in [-0.05, 0) is 42.3 Å². The summed E-state index contributed by atoms with van der Waals surface area (Å²) in [6.45, 7) is 3.80. The van der Waals surface area contributed by atoms with Gasteiger partial charge in [-0.1, -0.05) is 54.4 Å². The van der Waals surface area contributed by atoms with E-state index in [-0.39, 0.29) is 12.5 Å². The van der Waals surface area contributed by atoms with Crippen LogP contribution in [0, 0.1) is 0 Å². The first-order valence-electron chi connectivity index (χ1n) is 7.19. The highest BCUT2D eigenvalue weighted by atomic mass is 35.5. The van der Waals surface area contributed by atoms with Crippen LogP contribution in [0.2, 0.25) is 10.0 Å². The fraction of sp³-hybridized carbons (Fsp3) is 0.278. The smallest absolute Gasteiger partial charge is 0.310 e. The lowest BCUT2D eigenvalue weighted by Gasteiger charge is -2.06. The molecule has 0 spiro atoms. The zero-order valence-corrected chi connectivity index (χ0v) is 14.6. The predicted octanol–water partition coefficient (Wildman–Crippen LogP) is 4.96. The van der Waals surface area contributed by atoms with Crippen LogP contribution < -0.4 is 0 Å². The van der Waals surface area contributed by atoms with E-state index in [9.17, 15) is 4.79 Å². The van der Waals surface area contributed by atoms with Crippen LogP contribution in [0.25, 0.3) is 0 Å². The molecule has 2 aromatic rings. The van der Waals surface area contributed by atoms with Gasteiger partial charge < -0.3 is 10.2 Å². The van der Waals surface area contributed by atoms with Crippen molar-refractivity contribution < 1.29 is 15.0 Å². The van der Waals surface area contributed by atoms with Crippen LogP contribution in [0.15, 0.2) is 48.5 Å². The number of carboxylic acids is 1. The molecule has 2 N–H and O–H groups in total. The van der Waals surface area contributed by atoms with Crippen LogP contribution >= 0.6 is 23.2 Å². The fourth-order valence-electron chi connectivity index (χ4n) is 1.79. The van der Waals surface area contributed by atoms with Crippen LogP contribution in [0.1, 0.15) is 36.8 Å². The van der Waals surface area contributed by atoms with Crippen molar-refractivity contribution in [3.05, 3.63) is 69.7 Å². The van der Waals surface area contributed by atoms with Gasteiger partial charge in [-0.3, -0.25) is 4.79 Å². The molecular weight excluding hydrogens is 335 g/mol. The van der Waals surface area contributed by atoms with E-state index in [4.69, 9.17) is 33.4 Å². The van der Waals surface area contributed by atoms with E-state index < -0.39 is 11.9 Å². The second-order valence-electron chi connectivity index (χ2n) is 5.25. The summed E-state index contributed by atoms with van der Waals surface area (Å²) < 4.78 is 0. The molecule has 0 radical (unpaired) electrons. The van der Waals surface area contributed by atoms with Gasteiger partial charge in [0.25, 0.3) is 0 Å². The minimum Gasteiger partial charge on any atom is -0.481 e. The molecule has 23 heavy (non-hydrogen) atoms. The maximum absolute atomic E-state index is 10.6. The molecule has 3 nitrogen and oxygen atoms in total. The second-order valence-corrected chi connectivity index (χ2v) is 6.12. The maximum Gasteiger partial charge on any atom is 0.310 e. The topological polar surface area (TPSA) is 57.5 Å². The Hall–Kier alpha value is -1.55. The molecule has 0 aromatic heterocycles. The average Bonchev–Trinajstić information content (AvgIpc) is 2.55. The molecular formula is C18H20Cl2O3. The number of carbonyl (C=O) groups is 1. The summed E-state index contributed by atoms with van der Waals surface area (Å²) in [5.41, 5.74) is 1.89. The van der Waals surface area contributed by atoms with Crippen molar-refractivity contribution >= 4 is 29.2 Å². The lowest BCUT2D eigenvalue weighted by molar-refractivity contribution is -0.138. The summed E-state index contributed by atoms with van der Waals surface area (Å²) in [4.78, 5) is 10.6. The Morgan fingerprint density at radius 1 is 0.913 bits per heavy atom. The van der Waals surface area contributed by atoms with Crippen molar-refractivity contribution in [1.82, 2.24) is 0 Å². The highest BCUT2D eigenvalue weighted by molar-refractivity contribution is 6.30. The van der Waals surface area contributed by atoms with E-state index in [0.29, 0.717) is 5.02 Å². The number of hydrogen-bond acceptors (Lipinski definition) is 2. The Kier molecular flexibility index (Phi) is 8.10. The molecule has 0 fully saturated rings. The predicted molar refractivity (Wildman–Crippen MR) is 94.5 cm³/mol. The van der Waals surface area contributed by atoms with Gasteiger partial charge in [0.15, 0.2) is 0 Å². The number of rotatable bonds is 4. The molecule has 2 atom stereocenters. The van der Waals surface area contributed by atoms with E-state index in [0.717, 1.165) is 16.1 Å². The van der Waals surface area contributed by atoms with Crippen molar-refractivity contribution in [2.45, 2.75) is 25.7 Å². The molecule has 5 heteroatoms. The molecule has 0 aliphatic carbocycles. The van der Waals surface area contributed by atoms with Crippen LogP contribution in [0.5, 0.6) is 0 Å². The Balaban J connectivity index is 0.000000231. The molecule has 2 rings (SSSR count). The highest BCUT2D eigenvalue weighted by Gasteiger charge is 2.12. The van der Waals surface area contributed by atoms with E-state index in [1.807, 2.05) is 31.2 Å². The third kappa shape index (κ3) is 6.61. The SMILES string of the molecule is CC(C(=O)O)c1ccc(Cl)cc1.CC(CO)c1ccc(Cl)cc1. The molecule has 0 heterocycles. The molecule has 2 aromatic carbocycles. The third-order valence-corrected chi connectivity index (χ3v) is 3.96. The van der Waals surface area contributed by atoms with Crippen molar-refractivity contribution in [3.8, 4) is 0 Å². The highest BCUT2D eigenvalue weighted by Crippen LogP contribution is 2.18. The first kappa shape index (κ1) is 19.5. The monoisotopic (exact) mass is 354 g/mol. The standard InChI is InChI=1S/C9H9ClO2.C9H11ClO/c1-6(9(11)12)7-2-4-8(10)5-3-7;1-7(6-11)8-2-4-9(10)5-3-8/h2-6H,1H3,(H,11,12);2-5,7,11H,6H2,1H3. The summed E-state index contributed by atoms with van der Waals surface area (Å²) in [6, 6.07) is 14.4. The molecule has 0 amide bonds. The van der Waals surface area contributed by atoms with E-state index in [1.54, 1.807) is 31.2 Å². The molecule has 0 bridgehead atoms. The summed E-state index contributed by atoms with van der Waals surface area (Å²) in [5, 5.41) is 18.9. The first-order chi connectivity index (χ1) is 10.8. The van der Waals surface area contributed by atoms with E-state index in [2.05, 4.69) is 0 Å². The van der Waals surface area contributed by atoms with Gasteiger partial charge in [0, 0.05) is 22.6 Å². The Morgan fingerprint density at radius 3 is 1.65 bits per heavy atom. The van der Waals surface area contributed by atoms with Gasteiger partial charge in [0.05, 0.1) is 5.92 Å². The quantitative estimate of drug-likeness (QED) is 0.815. The minimum atomic E-state index is -0.822. The lowest BCUT2D eigenvalue weighted by atomic mass is 10.0. The maximum atomic E-state index is 10.6. The van der Waals surface area contributed by atoms with Gasteiger partial charge in [-0.25, -0.2) is 0 Å². The molecule has 0 aliphatic rings. The number of aliphatic hydroxyl groups is 1. The molecule has 2 unspecified atom stereocenters. The van der Waals surface area contributed by atoms with E-state index >= 15 is 0 Å². The number of aliphatic hydroxyl groups excluding tert-OH is 1. The lowest BCUT2D eigenvalue weighted by Crippen LogP contribution is -2.06. The summed E-state index contributed by atoms with van der Waals surface area (Å²) in [5.74, 6) is -1.09. The van der Waals surface area contributed by atoms with Crippen molar-refractivity contribution in [1.29, 1.82) is 0 Å². The minimum absolute atomic E-state index is 0.182. The second kappa shape index (κ2) is 9.56. The molecule has 0 aliphatic heterocycles. The van der Waals surface area contributed by atoms with Gasteiger partial charge >= 0.3 is 5.97 Å². The third-order valence-electron chi connectivity index (χ3n) is 3.45. The fourth-order valence-corrected chi connectivity index (χ4v) is 2.04. The molecule has 0 saturated heterocycles. The first-order valence-corrected chi connectivity index (χ1v) is 7.95. The van der Waals surface area contributed by atoms with Crippen LogP contribution in [0.3, 0.4) is 0 Å². The Labute approximate surface area is 146 Å². The normalized spacial score (nSPS) is 12.7. The largest absolute Gasteiger partial charge is 0.481 e. The van der Waals surface area contributed by atoms with Crippen molar-refractivity contribution in [3.63, 3.8) is 0 Å². The van der Waals surface area contributed by atoms with Crippen LogP contribution in [-0.2, 0) is 4.79 Å².